The summed E-state index contributed by atoms with van der Waals surface area (Å²) in [5, 5.41) is 2.75. The van der Waals surface area contributed by atoms with E-state index in [-0.39, 0.29) is 22.7 Å². The van der Waals surface area contributed by atoms with Gasteiger partial charge in [0.2, 0.25) is 11.8 Å². The maximum Gasteiger partial charge on any atom is 0.264 e. The summed E-state index contributed by atoms with van der Waals surface area (Å²) in [5.74, 6) is -0.844. The number of hydrogen-bond donors (Lipinski definition) is 1. The van der Waals surface area contributed by atoms with Gasteiger partial charge in [-0.05, 0) is 43.7 Å². The number of fused-ring (bicyclic) bond motifs is 1. The first-order valence-corrected chi connectivity index (χ1v) is 14.4. The Morgan fingerprint density at radius 3 is 2.35 bits per heavy atom. The summed E-state index contributed by atoms with van der Waals surface area (Å²) in [7, 11) is -4.24. The summed E-state index contributed by atoms with van der Waals surface area (Å²) in [6, 6.07) is 17.3. The van der Waals surface area contributed by atoms with Crippen LogP contribution < -0.4 is 19.1 Å². The highest BCUT2D eigenvalue weighted by molar-refractivity contribution is 7.92. The summed E-state index contributed by atoms with van der Waals surface area (Å²) >= 11 is 0. The van der Waals surface area contributed by atoms with Gasteiger partial charge in [0.25, 0.3) is 10.0 Å². The lowest BCUT2D eigenvalue weighted by atomic mass is 10.1. The average Bonchev–Trinajstić information content (AvgIpc) is 2.97. The van der Waals surface area contributed by atoms with Gasteiger partial charge in [0.05, 0.1) is 10.6 Å². The van der Waals surface area contributed by atoms with E-state index in [4.69, 9.17) is 9.47 Å². The van der Waals surface area contributed by atoms with Gasteiger partial charge in [0, 0.05) is 24.7 Å². The van der Waals surface area contributed by atoms with E-state index < -0.39 is 40.2 Å². The van der Waals surface area contributed by atoms with E-state index in [1.54, 1.807) is 30.3 Å². The van der Waals surface area contributed by atoms with Crippen LogP contribution in [0.3, 0.4) is 0 Å². The number of sulfonamides is 1. The summed E-state index contributed by atoms with van der Waals surface area (Å²) in [6.45, 7) is 3.61. The molecule has 1 atom stereocenters. The summed E-state index contributed by atoms with van der Waals surface area (Å²) < 4.78 is 54.5. The van der Waals surface area contributed by atoms with E-state index in [1.807, 2.05) is 6.92 Å². The minimum atomic E-state index is -4.24. The third-order valence-corrected chi connectivity index (χ3v) is 8.23. The molecule has 0 aliphatic carbocycles. The van der Waals surface area contributed by atoms with E-state index >= 15 is 0 Å². The van der Waals surface area contributed by atoms with E-state index in [0.717, 1.165) is 4.31 Å². The molecule has 3 aromatic carbocycles. The van der Waals surface area contributed by atoms with Gasteiger partial charge in [-0.15, -0.1) is 0 Å². The van der Waals surface area contributed by atoms with Crippen molar-refractivity contribution in [3.8, 4) is 11.5 Å². The second kappa shape index (κ2) is 12.8. The molecule has 1 aliphatic heterocycles. The summed E-state index contributed by atoms with van der Waals surface area (Å²) in [5.41, 5.74) is 0.373. The number of anilines is 1. The first kappa shape index (κ1) is 28.9. The topological polar surface area (TPSA) is 105 Å². The van der Waals surface area contributed by atoms with Crippen molar-refractivity contribution in [2.45, 2.75) is 37.8 Å². The molecule has 212 valence electrons. The van der Waals surface area contributed by atoms with Gasteiger partial charge in [-0.2, -0.15) is 0 Å². The van der Waals surface area contributed by atoms with Gasteiger partial charge in [-0.25, -0.2) is 12.8 Å². The lowest BCUT2D eigenvalue weighted by molar-refractivity contribution is -0.139. The molecule has 0 spiro atoms. The molecule has 2 amide bonds. The zero-order valence-corrected chi connectivity index (χ0v) is 23.2. The van der Waals surface area contributed by atoms with Gasteiger partial charge in [0.15, 0.2) is 11.5 Å². The Bertz CT molecular complexity index is 1450. The number of carbonyl (C=O) groups excluding carboxylic acids is 2. The van der Waals surface area contributed by atoms with E-state index in [1.165, 1.54) is 54.3 Å². The van der Waals surface area contributed by atoms with Crippen LogP contribution in [0.2, 0.25) is 0 Å². The molecule has 11 heteroatoms. The van der Waals surface area contributed by atoms with E-state index in [9.17, 15) is 22.4 Å². The van der Waals surface area contributed by atoms with Crippen LogP contribution in [0, 0.1) is 5.82 Å². The first-order chi connectivity index (χ1) is 19.2. The molecule has 0 saturated heterocycles. The molecule has 40 heavy (non-hydrogen) atoms. The Balaban J connectivity index is 1.73. The van der Waals surface area contributed by atoms with Crippen molar-refractivity contribution >= 4 is 27.5 Å². The van der Waals surface area contributed by atoms with Crippen LogP contribution in [0.4, 0.5) is 10.1 Å². The lowest BCUT2D eigenvalue weighted by Gasteiger charge is -2.32. The molecule has 3 aromatic rings. The van der Waals surface area contributed by atoms with Crippen LogP contribution in [0.1, 0.15) is 25.8 Å². The van der Waals surface area contributed by atoms with Gasteiger partial charge in [0.1, 0.15) is 31.6 Å². The molecule has 0 unspecified atom stereocenters. The fourth-order valence-corrected chi connectivity index (χ4v) is 5.65. The third-order valence-electron chi connectivity index (χ3n) is 6.44. The predicted octanol–water partition coefficient (Wildman–Crippen LogP) is 3.74. The highest BCUT2D eigenvalue weighted by Crippen LogP contribution is 2.36. The van der Waals surface area contributed by atoms with Crippen molar-refractivity contribution in [3.05, 3.63) is 84.2 Å². The van der Waals surface area contributed by atoms with Crippen LogP contribution in [0.5, 0.6) is 11.5 Å². The Morgan fingerprint density at radius 1 is 0.975 bits per heavy atom. The van der Waals surface area contributed by atoms with Gasteiger partial charge < -0.3 is 19.7 Å². The van der Waals surface area contributed by atoms with E-state index in [0.29, 0.717) is 37.7 Å². The summed E-state index contributed by atoms with van der Waals surface area (Å²) in [6.07, 6.45) is 0.687. The molecule has 1 aliphatic rings. The Kier molecular flexibility index (Phi) is 9.26. The lowest BCUT2D eigenvalue weighted by Crippen LogP contribution is -2.51. The fraction of sp³-hybridized carbons (Fsp3) is 0.310. The zero-order valence-electron chi connectivity index (χ0n) is 22.4. The maximum atomic E-state index is 14.6. The molecule has 0 bridgehead atoms. The second-order valence-corrected chi connectivity index (χ2v) is 11.1. The number of nitrogens with zero attached hydrogens (tertiary/aromatic N) is 2. The summed E-state index contributed by atoms with van der Waals surface area (Å²) in [4.78, 5) is 28.0. The third kappa shape index (κ3) is 6.53. The monoisotopic (exact) mass is 569 g/mol. The Labute approximate surface area is 233 Å². The smallest absolute Gasteiger partial charge is 0.264 e. The van der Waals surface area contributed by atoms with Crippen LogP contribution in [-0.2, 0) is 26.2 Å². The van der Waals surface area contributed by atoms with E-state index in [2.05, 4.69) is 5.32 Å². The molecule has 0 fully saturated rings. The van der Waals surface area contributed by atoms with Crippen molar-refractivity contribution in [1.29, 1.82) is 0 Å². The van der Waals surface area contributed by atoms with Crippen molar-refractivity contribution in [2.24, 2.45) is 0 Å². The first-order valence-electron chi connectivity index (χ1n) is 13.0. The fourth-order valence-electron chi connectivity index (χ4n) is 4.22. The number of ether oxygens (including phenoxy) is 2. The highest BCUT2D eigenvalue weighted by atomic mass is 32.2. The largest absolute Gasteiger partial charge is 0.486 e. The number of carbonyl (C=O) groups is 2. The quantitative estimate of drug-likeness (QED) is 0.377. The number of benzene rings is 3. The van der Waals surface area contributed by atoms with Crippen LogP contribution in [0.25, 0.3) is 0 Å². The standard InChI is InChI=1S/C29H32FN3O6S/c1-3-15-31-29(35)21(2)32(19-22-9-7-8-12-25(22)30)28(34)20-33(40(36,37)24-10-5-4-6-11-24)23-13-14-26-27(18-23)39-17-16-38-26/h4-14,18,21H,3,15-17,19-20H2,1-2H3,(H,31,35)/t21-/m0/s1. The Morgan fingerprint density at radius 2 is 1.65 bits per heavy atom. The van der Waals surface area contributed by atoms with Crippen LogP contribution in [-0.4, -0.2) is 57.5 Å². The average molecular weight is 570 g/mol. The molecular formula is C29H32FN3O6S. The predicted molar refractivity (Wildman–Crippen MR) is 148 cm³/mol. The maximum absolute atomic E-state index is 14.6. The minimum absolute atomic E-state index is 0.0212. The molecule has 1 heterocycles. The molecule has 9 nitrogen and oxygen atoms in total. The normalized spacial score (nSPS) is 13.3. The molecule has 0 saturated carbocycles. The highest BCUT2D eigenvalue weighted by Gasteiger charge is 2.33. The zero-order chi connectivity index (χ0) is 28.7. The number of nitrogens with one attached hydrogen (secondary N) is 1. The molecule has 0 radical (unpaired) electrons. The number of hydrogen-bond acceptors (Lipinski definition) is 6. The van der Waals surface area contributed by atoms with Gasteiger partial charge in [-0.1, -0.05) is 43.3 Å². The Hall–Kier alpha value is -4.12. The molecule has 4 rings (SSSR count). The van der Waals surface area contributed by atoms with Crippen molar-refractivity contribution in [3.63, 3.8) is 0 Å². The molecule has 1 N–H and O–H groups in total. The van der Waals surface area contributed by atoms with Gasteiger partial charge in [-0.3, -0.25) is 13.9 Å². The second-order valence-electron chi connectivity index (χ2n) is 9.23. The SMILES string of the molecule is CCCNC(=O)[C@H](C)N(Cc1ccccc1F)C(=O)CN(c1ccc2c(c1)OCCO2)S(=O)(=O)c1ccccc1. The number of amides is 2. The van der Waals surface area contributed by atoms with Crippen molar-refractivity contribution < 1.29 is 31.9 Å². The molecular weight excluding hydrogens is 537 g/mol. The molecule has 0 aromatic heterocycles. The number of halogens is 1. The minimum Gasteiger partial charge on any atom is -0.486 e. The van der Waals surface area contributed by atoms with Gasteiger partial charge >= 0.3 is 0 Å². The van der Waals surface area contributed by atoms with Crippen molar-refractivity contribution in [1.82, 2.24) is 10.2 Å². The number of rotatable bonds is 11. The van der Waals surface area contributed by atoms with Crippen LogP contribution in [0.15, 0.2) is 77.7 Å². The van der Waals surface area contributed by atoms with Crippen molar-refractivity contribution in [2.75, 3.05) is 30.6 Å². The van der Waals surface area contributed by atoms with Crippen LogP contribution >= 0.6 is 0 Å².